The molecule has 0 bridgehead atoms. The summed E-state index contributed by atoms with van der Waals surface area (Å²) >= 11 is 3.28. The summed E-state index contributed by atoms with van der Waals surface area (Å²) in [5, 5.41) is 0. The van der Waals surface area contributed by atoms with Crippen LogP contribution in [0.4, 0.5) is 4.39 Å². The largest absolute Gasteiger partial charge is 0.455 e. The summed E-state index contributed by atoms with van der Waals surface area (Å²) in [5.74, 6) is 0.0112. The van der Waals surface area contributed by atoms with Gasteiger partial charge in [-0.05, 0) is 34.1 Å². The van der Waals surface area contributed by atoms with Gasteiger partial charge in [0.2, 0.25) is 0 Å². The number of pyridine rings is 1. The second-order valence-electron chi connectivity index (χ2n) is 5.92. The van der Waals surface area contributed by atoms with E-state index in [1.807, 2.05) is 0 Å². The molecule has 2 aromatic rings. The minimum Gasteiger partial charge on any atom is -0.455 e. The first kappa shape index (κ1) is 18.8. The van der Waals surface area contributed by atoms with Crippen molar-refractivity contribution < 1.29 is 27.1 Å². The van der Waals surface area contributed by atoms with E-state index in [-0.39, 0.29) is 16.9 Å². The van der Waals surface area contributed by atoms with E-state index in [1.165, 1.54) is 18.3 Å². The minimum absolute atomic E-state index is 0.0707. The third kappa shape index (κ3) is 3.73. The summed E-state index contributed by atoms with van der Waals surface area (Å²) < 4.78 is 50.3. The molecule has 1 aliphatic rings. The Morgan fingerprint density at radius 2 is 2.08 bits per heavy atom. The third-order valence-corrected chi connectivity index (χ3v) is 5.47. The highest BCUT2D eigenvalue weighted by Crippen LogP contribution is 2.45. The third-order valence-electron chi connectivity index (χ3n) is 3.89. The quantitative estimate of drug-likeness (QED) is 0.672. The van der Waals surface area contributed by atoms with Gasteiger partial charge in [-0.1, -0.05) is 0 Å². The fourth-order valence-corrected chi connectivity index (χ4v) is 4.23. The van der Waals surface area contributed by atoms with E-state index in [9.17, 15) is 17.6 Å². The van der Waals surface area contributed by atoms with E-state index in [1.54, 1.807) is 12.3 Å². The van der Waals surface area contributed by atoms with Crippen LogP contribution in [0.1, 0.15) is 24.2 Å². The van der Waals surface area contributed by atoms with E-state index >= 15 is 0 Å². The molecule has 0 spiro atoms. The van der Waals surface area contributed by atoms with Crippen molar-refractivity contribution in [1.29, 1.82) is 0 Å². The SMILES string of the molecule is CC(=O)O[C@H]1c2c(S(C)(=O)=O)ccc(Oc3cncc(Br)c3)c2C[C@H]1F. The monoisotopic (exact) mass is 443 g/mol. The molecule has 0 N–H and O–H groups in total. The molecule has 0 unspecified atom stereocenters. The van der Waals surface area contributed by atoms with Crippen molar-refractivity contribution in [1.82, 2.24) is 4.98 Å². The number of rotatable bonds is 4. The van der Waals surface area contributed by atoms with Gasteiger partial charge in [-0.15, -0.1) is 0 Å². The molecular formula is C17H15BrFNO5S. The van der Waals surface area contributed by atoms with Gasteiger partial charge in [-0.25, -0.2) is 12.8 Å². The Kier molecular flexibility index (Phi) is 5.03. The van der Waals surface area contributed by atoms with Gasteiger partial charge >= 0.3 is 5.97 Å². The summed E-state index contributed by atoms with van der Waals surface area (Å²) in [6.07, 6.45) is 1.13. The molecule has 2 atom stereocenters. The van der Waals surface area contributed by atoms with E-state index in [2.05, 4.69) is 20.9 Å². The molecule has 6 nitrogen and oxygen atoms in total. The highest BCUT2D eigenvalue weighted by molar-refractivity contribution is 9.10. The van der Waals surface area contributed by atoms with Crippen molar-refractivity contribution >= 4 is 31.7 Å². The Balaban J connectivity index is 2.13. The second kappa shape index (κ2) is 6.96. The lowest BCUT2D eigenvalue weighted by atomic mass is 10.1. The van der Waals surface area contributed by atoms with Crippen LogP contribution in [0.3, 0.4) is 0 Å². The maximum absolute atomic E-state index is 14.5. The predicted molar refractivity (Wildman–Crippen MR) is 94.7 cm³/mol. The topological polar surface area (TPSA) is 82.6 Å². The lowest BCUT2D eigenvalue weighted by Crippen LogP contribution is -2.17. The summed E-state index contributed by atoms with van der Waals surface area (Å²) in [7, 11) is -3.65. The van der Waals surface area contributed by atoms with Crippen LogP contribution in [0.15, 0.2) is 40.0 Å². The molecule has 0 aliphatic heterocycles. The average Bonchev–Trinajstić information content (AvgIpc) is 2.83. The number of alkyl halides is 1. The van der Waals surface area contributed by atoms with Gasteiger partial charge in [0, 0.05) is 41.4 Å². The fourth-order valence-electron chi connectivity index (χ4n) is 2.93. The normalized spacial score (nSPS) is 19.1. The predicted octanol–water partition coefficient (Wildman–Crippen LogP) is 3.54. The fraction of sp³-hybridized carbons (Fsp3) is 0.294. The first-order chi connectivity index (χ1) is 12.2. The van der Waals surface area contributed by atoms with Crippen LogP contribution in [-0.2, 0) is 25.8 Å². The Morgan fingerprint density at radius 3 is 2.69 bits per heavy atom. The molecule has 0 fully saturated rings. The van der Waals surface area contributed by atoms with Crippen molar-refractivity contribution in [2.75, 3.05) is 6.26 Å². The highest BCUT2D eigenvalue weighted by atomic mass is 79.9. The van der Waals surface area contributed by atoms with Gasteiger partial charge < -0.3 is 9.47 Å². The molecule has 1 heterocycles. The van der Waals surface area contributed by atoms with Gasteiger partial charge in [0.25, 0.3) is 0 Å². The first-order valence-electron chi connectivity index (χ1n) is 7.62. The first-order valence-corrected chi connectivity index (χ1v) is 10.3. The van der Waals surface area contributed by atoms with Gasteiger partial charge in [0.05, 0.1) is 11.1 Å². The number of halogens is 2. The molecule has 26 heavy (non-hydrogen) atoms. The highest BCUT2D eigenvalue weighted by Gasteiger charge is 2.41. The Morgan fingerprint density at radius 1 is 1.35 bits per heavy atom. The van der Waals surface area contributed by atoms with E-state index in [0.717, 1.165) is 13.2 Å². The molecule has 3 rings (SSSR count). The van der Waals surface area contributed by atoms with Crippen molar-refractivity contribution in [2.24, 2.45) is 0 Å². The number of esters is 1. The number of fused-ring (bicyclic) bond motifs is 1. The number of carbonyl (C=O) groups is 1. The number of sulfone groups is 1. The van der Waals surface area contributed by atoms with Gasteiger partial charge in [0.1, 0.15) is 17.7 Å². The number of hydrogen-bond acceptors (Lipinski definition) is 6. The van der Waals surface area contributed by atoms with Crippen LogP contribution in [0.25, 0.3) is 0 Å². The molecule has 9 heteroatoms. The van der Waals surface area contributed by atoms with Crippen LogP contribution in [-0.4, -0.2) is 31.8 Å². The van der Waals surface area contributed by atoms with Gasteiger partial charge in [-0.3, -0.25) is 9.78 Å². The van der Waals surface area contributed by atoms with Crippen molar-refractivity contribution in [2.45, 2.75) is 30.5 Å². The average molecular weight is 444 g/mol. The smallest absolute Gasteiger partial charge is 0.303 e. The van der Waals surface area contributed by atoms with Crippen LogP contribution < -0.4 is 4.74 Å². The molecule has 1 aromatic heterocycles. The maximum atomic E-state index is 14.5. The van der Waals surface area contributed by atoms with Crippen molar-refractivity contribution in [3.05, 3.63) is 46.2 Å². The number of carbonyl (C=O) groups excluding carboxylic acids is 1. The van der Waals surface area contributed by atoms with E-state index < -0.39 is 28.1 Å². The van der Waals surface area contributed by atoms with Crippen LogP contribution in [0, 0.1) is 0 Å². The van der Waals surface area contributed by atoms with Gasteiger partial charge in [-0.2, -0.15) is 0 Å². The number of aromatic nitrogens is 1. The molecule has 138 valence electrons. The molecule has 0 amide bonds. The molecule has 1 aromatic carbocycles. The summed E-state index contributed by atoms with van der Waals surface area (Å²) in [6, 6.07) is 4.48. The zero-order valence-corrected chi connectivity index (χ0v) is 16.3. The minimum atomic E-state index is -3.65. The maximum Gasteiger partial charge on any atom is 0.303 e. The molecule has 0 saturated heterocycles. The lowest BCUT2D eigenvalue weighted by molar-refractivity contribution is -0.149. The zero-order valence-electron chi connectivity index (χ0n) is 13.9. The number of ether oxygens (including phenoxy) is 2. The summed E-state index contributed by atoms with van der Waals surface area (Å²) in [6.45, 7) is 1.15. The zero-order chi connectivity index (χ0) is 19.1. The Labute approximate surface area is 158 Å². The van der Waals surface area contributed by atoms with Gasteiger partial charge in [0.15, 0.2) is 15.9 Å². The summed E-state index contributed by atoms with van der Waals surface area (Å²) in [5.41, 5.74) is 0.502. The Bertz CT molecular complexity index is 979. The lowest BCUT2D eigenvalue weighted by Gasteiger charge is -2.18. The molecule has 0 radical (unpaired) electrons. The number of nitrogens with zero attached hydrogens (tertiary/aromatic N) is 1. The van der Waals surface area contributed by atoms with Crippen LogP contribution in [0.2, 0.25) is 0 Å². The number of hydrogen-bond donors (Lipinski definition) is 0. The van der Waals surface area contributed by atoms with Crippen LogP contribution >= 0.6 is 15.9 Å². The standard InChI is InChI=1S/C17H15BrFNO5S/c1-9(21)24-17-13(19)6-12-14(25-11-5-10(18)7-20-8-11)3-4-15(16(12)17)26(2,22)23/h3-5,7-8,13,17H,6H2,1-2H3/t13-,17-/m1/s1. The second-order valence-corrected chi connectivity index (χ2v) is 8.82. The van der Waals surface area contributed by atoms with E-state index in [0.29, 0.717) is 21.5 Å². The molecule has 1 aliphatic carbocycles. The Hall–Kier alpha value is -2.00. The van der Waals surface area contributed by atoms with E-state index in [4.69, 9.17) is 9.47 Å². The number of benzene rings is 1. The van der Waals surface area contributed by atoms with Crippen molar-refractivity contribution in [3.63, 3.8) is 0 Å². The molecular weight excluding hydrogens is 429 g/mol. The molecule has 0 saturated carbocycles. The summed E-state index contributed by atoms with van der Waals surface area (Å²) in [4.78, 5) is 15.3. The van der Waals surface area contributed by atoms with Crippen LogP contribution in [0.5, 0.6) is 11.5 Å². The van der Waals surface area contributed by atoms with Crippen molar-refractivity contribution in [3.8, 4) is 11.5 Å².